The number of carbonyl (C=O) groups excluding carboxylic acids is 2. The fourth-order valence-corrected chi connectivity index (χ4v) is 3.35. The quantitative estimate of drug-likeness (QED) is 0.567. The molecule has 122 valence electrons. The van der Waals surface area contributed by atoms with Crippen molar-refractivity contribution in [3.05, 3.63) is 33.8 Å². The van der Waals surface area contributed by atoms with E-state index >= 15 is 0 Å². The van der Waals surface area contributed by atoms with Crippen LogP contribution in [0.15, 0.2) is 18.2 Å². The van der Waals surface area contributed by atoms with E-state index in [4.69, 9.17) is 23.2 Å². The molecule has 1 aromatic rings. The largest absolute Gasteiger partial charge is 0.468 e. The zero-order valence-electron chi connectivity index (χ0n) is 12.5. The summed E-state index contributed by atoms with van der Waals surface area (Å²) in [6, 6.07) is 5.35. The Bertz CT molecular complexity index is 505. The molecule has 1 unspecified atom stereocenters. The first-order chi connectivity index (χ1) is 10.5. The first kappa shape index (κ1) is 19.1. The number of hydrogen-bond acceptors (Lipinski definition) is 4. The standard InChI is InChI=1S/C15H19Cl2NO3S/c1-10(15-11(16)4-3-5-12(15)17)8-18-13(19)6-7-22-9-14(20)21-2/h3-5,10H,6-9H2,1-2H3,(H,18,19). The summed E-state index contributed by atoms with van der Waals surface area (Å²) in [5.41, 5.74) is 0.839. The Morgan fingerprint density at radius 3 is 2.55 bits per heavy atom. The Kier molecular flexibility index (Phi) is 8.68. The average Bonchev–Trinajstić information content (AvgIpc) is 2.49. The van der Waals surface area contributed by atoms with Crippen molar-refractivity contribution in [2.24, 2.45) is 0 Å². The van der Waals surface area contributed by atoms with Gasteiger partial charge in [-0.05, 0) is 17.7 Å². The predicted octanol–water partition coefficient (Wildman–Crippen LogP) is 3.51. The monoisotopic (exact) mass is 363 g/mol. The molecule has 0 fully saturated rings. The van der Waals surface area contributed by atoms with Gasteiger partial charge >= 0.3 is 5.97 Å². The number of thioether (sulfide) groups is 1. The van der Waals surface area contributed by atoms with Crippen molar-refractivity contribution in [3.63, 3.8) is 0 Å². The summed E-state index contributed by atoms with van der Waals surface area (Å²) in [7, 11) is 1.34. The minimum absolute atomic E-state index is 0.0212. The molecule has 0 bridgehead atoms. The number of carbonyl (C=O) groups is 2. The van der Waals surface area contributed by atoms with Gasteiger partial charge in [0.15, 0.2) is 0 Å². The molecule has 1 N–H and O–H groups in total. The zero-order chi connectivity index (χ0) is 16.5. The van der Waals surface area contributed by atoms with Gasteiger partial charge in [0.05, 0.1) is 12.9 Å². The summed E-state index contributed by atoms with van der Waals surface area (Å²) in [4.78, 5) is 22.7. The van der Waals surface area contributed by atoms with Crippen LogP contribution in [0.4, 0.5) is 0 Å². The van der Waals surface area contributed by atoms with Gasteiger partial charge in [0.1, 0.15) is 0 Å². The molecule has 0 radical (unpaired) electrons. The molecule has 0 aliphatic rings. The molecule has 1 rings (SSSR count). The number of rotatable bonds is 8. The maximum absolute atomic E-state index is 11.8. The number of halogens is 2. The molecule has 0 saturated carbocycles. The van der Waals surface area contributed by atoms with E-state index < -0.39 is 0 Å². The molecule has 1 aromatic carbocycles. The van der Waals surface area contributed by atoms with Crippen molar-refractivity contribution in [1.29, 1.82) is 0 Å². The van der Waals surface area contributed by atoms with Crippen molar-refractivity contribution in [2.75, 3.05) is 25.2 Å². The van der Waals surface area contributed by atoms with Gasteiger partial charge in [-0.25, -0.2) is 0 Å². The zero-order valence-corrected chi connectivity index (χ0v) is 14.9. The van der Waals surface area contributed by atoms with Crippen LogP contribution < -0.4 is 5.32 Å². The second kappa shape index (κ2) is 9.98. The lowest BCUT2D eigenvalue weighted by molar-refractivity contribution is -0.137. The molecular formula is C15H19Cl2NO3S. The summed E-state index contributed by atoms with van der Waals surface area (Å²) in [6.07, 6.45) is 0.352. The lowest BCUT2D eigenvalue weighted by atomic mass is 10.0. The maximum Gasteiger partial charge on any atom is 0.315 e. The highest BCUT2D eigenvalue weighted by Crippen LogP contribution is 2.30. The number of amides is 1. The number of hydrogen-bond donors (Lipinski definition) is 1. The summed E-state index contributed by atoms with van der Waals surface area (Å²) in [5.74, 6) is 0.505. The van der Waals surface area contributed by atoms with Crippen LogP contribution >= 0.6 is 35.0 Å². The number of esters is 1. The van der Waals surface area contributed by atoms with Gasteiger partial charge in [-0.3, -0.25) is 9.59 Å². The number of nitrogens with one attached hydrogen (secondary N) is 1. The Balaban J connectivity index is 2.33. The van der Waals surface area contributed by atoms with Crippen molar-refractivity contribution < 1.29 is 14.3 Å². The van der Waals surface area contributed by atoms with Crippen LogP contribution in [0.2, 0.25) is 10.0 Å². The fourth-order valence-electron chi connectivity index (χ4n) is 1.82. The third-order valence-electron chi connectivity index (χ3n) is 3.02. The van der Waals surface area contributed by atoms with Crippen molar-refractivity contribution in [1.82, 2.24) is 5.32 Å². The van der Waals surface area contributed by atoms with Crippen LogP contribution in [0.3, 0.4) is 0 Å². The van der Waals surface area contributed by atoms with Crippen molar-refractivity contribution in [2.45, 2.75) is 19.3 Å². The smallest absolute Gasteiger partial charge is 0.315 e. The Morgan fingerprint density at radius 1 is 1.32 bits per heavy atom. The van der Waals surface area contributed by atoms with E-state index in [9.17, 15) is 9.59 Å². The molecule has 7 heteroatoms. The lowest BCUT2D eigenvalue weighted by Gasteiger charge is -2.16. The number of benzene rings is 1. The molecule has 4 nitrogen and oxygen atoms in total. The van der Waals surface area contributed by atoms with Crippen molar-refractivity contribution >= 4 is 46.8 Å². The molecule has 0 saturated heterocycles. The van der Waals surface area contributed by atoms with E-state index in [1.54, 1.807) is 18.2 Å². The van der Waals surface area contributed by atoms with Gasteiger partial charge in [-0.2, -0.15) is 0 Å². The van der Waals surface area contributed by atoms with E-state index in [0.29, 0.717) is 28.8 Å². The second-order valence-corrected chi connectivity index (χ2v) is 6.64. The third-order valence-corrected chi connectivity index (χ3v) is 4.61. The van der Waals surface area contributed by atoms with Crippen LogP contribution in [0, 0.1) is 0 Å². The van der Waals surface area contributed by atoms with E-state index in [1.165, 1.54) is 18.9 Å². The molecule has 0 aromatic heterocycles. The fraction of sp³-hybridized carbons (Fsp3) is 0.467. The highest BCUT2D eigenvalue weighted by Gasteiger charge is 2.14. The van der Waals surface area contributed by atoms with Gasteiger partial charge in [0, 0.05) is 34.7 Å². The number of methoxy groups -OCH3 is 1. The van der Waals surface area contributed by atoms with Crippen molar-refractivity contribution in [3.8, 4) is 0 Å². The Morgan fingerprint density at radius 2 is 1.95 bits per heavy atom. The third kappa shape index (κ3) is 6.46. The van der Waals surface area contributed by atoms with Crippen LogP contribution in [0.25, 0.3) is 0 Å². The molecule has 1 atom stereocenters. The predicted molar refractivity (Wildman–Crippen MR) is 91.8 cm³/mol. The molecule has 0 aliphatic carbocycles. The minimum atomic E-state index is -0.285. The van der Waals surface area contributed by atoms with Gasteiger partial charge in [-0.15, -0.1) is 11.8 Å². The van der Waals surface area contributed by atoms with E-state index in [0.717, 1.165) is 5.56 Å². The SMILES string of the molecule is COC(=O)CSCCC(=O)NCC(C)c1c(Cl)cccc1Cl. The molecule has 22 heavy (non-hydrogen) atoms. The summed E-state index contributed by atoms with van der Waals surface area (Å²) in [5, 5.41) is 4.05. The van der Waals surface area contributed by atoms with Crippen LogP contribution in [-0.4, -0.2) is 37.0 Å². The molecule has 0 aliphatic heterocycles. The highest BCUT2D eigenvalue weighted by atomic mass is 35.5. The van der Waals surface area contributed by atoms with Crippen LogP contribution in [-0.2, 0) is 14.3 Å². The first-order valence-electron chi connectivity index (χ1n) is 6.80. The summed E-state index contributed by atoms with van der Waals surface area (Å²) < 4.78 is 4.52. The minimum Gasteiger partial charge on any atom is -0.468 e. The molecule has 0 heterocycles. The van der Waals surface area contributed by atoms with Gasteiger partial charge in [0.25, 0.3) is 0 Å². The van der Waals surface area contributed by atoms with Crippen LogP contribution in [0.5, 0.6) is 0 Å². The summed E-state index contributed by atoms with van der Waals surface area (Å²) in [6.45, 7) is 2.42. The Labute approximate surface area is 144 Å². The molecule has 1 amide bonds. The normalized spacial score (nSPS) is 11.8. The highest BCUT2D eigenvalue weighted by molar-refractivity contribution is 7.99. The molecule has 0 spiro atoms. The average molecular weight is 364 g/mol. The first-order valence-corrected chi connectivity index (χ1v) is 8.72. The molecular weight excluding hydrogens is 345 g/mol. The topological polar surface area (TPSA) is 55.4 Å². The van der Waals surface area contributed by atoms with Gasteiger partial charge in [-0.1, -0.05) is 36.2 Å². The lowest BCUT2D eigenvalue weighted by Crippen LogP contribution is -2.28. The van der Waals surface area contributed by atoms with E-state index in [1.807, 2.05) is 6.92 Å². The van der Waals surface area contributed by atoms with Gasteiger partial charge in [0.2, 0.25) is 5.91 Å². The van der Waals surface area contributed by atoms with Crippen LogP contribution in [0.1, 0.15) is 24.8 Å². The van der Waals surface area contributed by atoms with E-state index in [-0.39, 0.29) is 23.5 Å². The van der Waals surface area contributed by atoms with E-state index in [2.05, 4.69) is 10.1 Å². The number of ether oxygens (including phenoxy) is 1. The second-order valence-electron chi connectivity index (χ2n) is 4.72. The summed E-state index contributed by atoms with van der Waals surface area (Å²) >= 11 is 13.7. The Hall–Kier alpha value is -0.910. The van der Waals surface area contributed by atoms with Gasteiger partial charge < -0.3 is 10.1 Å². The maximum atomic E-state index is 11.8.